The first-order valence-corrected chi connectivity index (χ1v) is 7.10. The maximum Gasteiger partial charge on any atom is 0.262 e. The molecule has 0 aliphatic heterocycles. The van der Waals surface area contributed by atoms with Crippen LogP contribution in [0.15, 0.2) is 41.4 Å². The molecule has 0 saturated heterocycles. The molecule has 0 aliphatic rings. The lowest BCUT2D eigenvalue weighted by Gasteiger charge is -2.09. The lowest BCUT2D eigenvalue weighted by molar-refractivity contribution is 0.598. The Bertz CT molecular complexity index is 817. The van der Waals surface area contributed by atoms with Crippen LogP contribution in [0.2, 0.25) is 0 Å². The van der Waals surface area contributed by atoms with E-state index in [1.54, 1.807) is 6.07 Å². The molecule has 0 radical (unpaired) electrons. The zero-order valence-corrected chi connectivity index (χ0v) is 11.4. The van der Waals surface area contributed by atoms with Crippen LogP contribution < -0.4 is 16.0 Å². The van der Waals surface area contributed by atoms with Crippen molar-refractivity contribution in [1.82, 2.24) is 4.98 Å². The summed E-state index contributed by atoms with van der Waals surface area (Å²) >= 11 is 0. The summed E-state index contributed by atoms with van der Waals surface area (Å²) in [4.78, 5) is 3.65. The standard InChI is InChI=1S/C12H10FN5O2S/c13-10-5-8(7-14)1-2-11(10)18-21(19,20)9-3-4-16-12(6-9)17-15/h1-6,18H,15H2,(H,16,17). The van der Waals surface area contributed by atoms with Crippen LogP contribution in [0.4, 0.5) is 15.9 Å². The number of nitrogens with two attached hydrogens (primary N) is 1. The number of rotatable bonds is 4. The van der Waals surface area contributed by atoms with Crippen LogP contribution in [0, 0.1) is 17.1 Å². The molecule has 4 N–H and O–H groups in total. The molecule has 2 aromatic rings. The molecular weight excluding hydrogens is 297 g/mol. The van der Waals surface area contributed by atoms with Gasteiger partial charge in [0.2, 0.25) is 0 Å². The Kier molecular flexibility index (Phi) is 4.02. The molecular formula is C12H10FN5O2S. The van der Waals surface area contributed by atoms with Crippen molar-refractivity contribution < 1.29 is 12.8 Å². The van der Waals surface area contributed by atoms with Crippen molar-refractivity contribution in [1.29, 1.82) is 5.26 Å². The highest BCUT2D eigenvalue weighted by atomic mass is 32.2. The number of benzene rings is 1. The topological polar surface area (TPSA) is 121 Å². The zero-order chi connectivity index (χ0) is 15.5. The Morgan fingerprint density at radius 2 is 2.05 bits per heavy atom. The molecule has 1 aromatic heterocycles. The van der Waals surface area contributed by atoms with Crippen LogP contribution in [0.5, 0.6) is 0 Å². The number of nitrogen functional groups attached to an aromatic ring is 1. The van der Waals surface area contributed by atoms with E-state index in [2.05, 4.69) is 15.1 Å². The summed E-state index contributed by atoms with van der Waals surface area (Å²) in [7, 11) is -4.00. The van der Waals surface area contributed by atoms with E-state index in [-0.39, 0.29) is 22.0 Å². The van der Waals surface area contributed by atoms with Crippen molar-refractivity contribution in [3.8, 4) is 6.07 Å². The molecule has 0 unspecified atom stereocenters. The molecule has 0 fully saturated rings. The fourth-order valence-electron chi connectivity index (χ4n) is 1.53. The number of aromatic nitrogens is 1. The van der Waals surface area contributed by atoms with Gasteiger partial charge in [0.15, 0.2) is 0 Å². The maximum absolute atomic E-state index is 13.7. The molecule has 1 heterocycles. The van der Waals surface area contributed by atoms with Crippen LogP contribution in [-0.4, -0.2) is 13.4 Å². The van der Waals surface area contributed by atoms with Crippen LogP contribution in [0.25, 0.3) is 0 Å². The summed E-state index contributed by atoms with van der Waals surface area (Å²) in [5.41, 5.74) is 2.05. The highest BCUT2D eigenvalue weighted by Gasteiger charge is 2.17. The van der Waals surface area contributed by atoms with E-state index < -0.39 is 15.8 Å². The number of halogens is 1. The van der Waals surface area contributed by atoms with Crippen LogP contribution in [0.3, 0.4) is 0 Å². The SMILES string of the molecule is N#Cc1ccc(NS(=O)(=O)c2ccnc(NN)c2)c(F)c1. The lowest BCUT2D eigenvalue weighted by atomic mass is 10.2. The lowest BCUT2D eigenvalue weighted by Crippen LogP contribution is -2.15. The molecule has 108 valence electrons. The summed E-state index contributed by atoms with van der Waals surface area (Å²) in [5, 5.41) is 8.64. The van der Waals surface area contributed by atoms with Crippen LogP contribution >= 0.6 is 0 Å². The second-order valence-electron chi connectivity index (χ2n) is 3.93. The minimum Gasteiger partial charge on any atom is -0.308 e. The maximum atomic E-state index is 13.7. The van der Waals surface area contributed by atoms with E-state index in [9.17, 15) is 12.8 Å². The number of hydrazine groups is 1. The summed E-state index contributed by atoms with van der Waals surface area (Å²) in [6, 6.07) is 7.62. The first kappa shape index (κ1) is 14.7. The van der Waals surface area contributed by atoms with Crippen molar-refractivity contribution in [2.24, 2.45) is 5.84 Å². The minimum atomic E-state index is -4.00. The van der Waals surface area contributed by atoms with Crippen LogP contribution in [-0.2, 0) is 10.0 Å². The number of anilines is 2. The third-order valence-corrected chi connectivity index (χ3v) is 3.90. The van der Waals surface area contributed by atoms with E-state index in [1.165, 1.54) is 30.5 Å². The van der Waals surface area contributed by atoms with Gasteiger partial charge < -0.3 is 5.43 Å². The van der Waals surface area contributed by atoms with E-state index in [0.717, 1.165) is 6.07 Å². The quantitative estimate of drug-likeness (QED) is 0.576. The minimum absolute atomic E-state index is 0.0916. The highest BCUT2D eigenvalue weighted by molar-refractivity contribution is 7.92. The fraction of sp³-hybridized carbons (Fsp3) is 0. The number of pyridine rings is 1. The molecule has 7 nitrogen and oxygen atoms in total. The third kappa shape index (κ3) is 3.25. The van der Waals surface area contributed by atoms with Gasteiger partial charge in [0.05, 0.1) is 22.2 Å². The van der Waals surface area contributed by atoms with Gasteiger partial charge in [0.25, 0.3) is 10.0 Å². The summed E-state index contributed by atoms with van der Waals surface area (Å²) in [6.07, 6.45) is 1.25. The van der Waals surface area contributed by atoms with Gasteiger partial charge in [-0.15, -0.1) is 0 Å². The number of nitriles is 1. The molecule has 0 saturated carbocycles. The molecule has 2 rings (SSSR count). The van der Waals surface area contributed by atoms with Gasteiger partial charge in [-0.05, 0) is 24.3 Å². The first-order valence-electron chi connectivity index (χ1n) is 5.61. The molecule has 0 bridgehead atoms. The molecule has 1 aromatic carbocycles. The Hall–Kier alpha value is -2.70. The predicted molar refractivity (Wildman–Crippen MR) is 74.0 cm³/mol. The number of hydrogen-bond donors (Lipinski definition) is 3. The monoisotopic (exact) mass is 307 g/mol. The fourth-order valence-corrected chi connectivity index (χ4v) is 2.61. The smallest absolute Gasteiger partial charge is 0.262 e. The molecule has 9 heteroatoms. The Morgan fingerprint density at radius 3 is 2.67 bits per heavy atom. The summed E-state index contributed by atoms with van der Waals surface area (Å²) in [5.74, 6) is 4.46. The number of nitrogens with one attached hydrogen (secondary N) is 2. The first-order chi connectivity index (χ1) is 9.96. The van der Waals surface area contributed by atoms with Gasteiger partial charge in [-0.2, -0.15) is 5.26 Å². The van der Waals surface area contributed by atoms with Gasteiger partial charge in [0, 0.05) is 12.3 Å². The van der Waals surface area contributed by atoms with E-state index >= 15 is 0 Å². The van der Waals surface area contributed by atoms with Gasteiger partial charge >= 0.3 is 0 Å². The number of sulfonamides is 1. The molecule has 0 amide bonds. The largest absolute Gasteiger partial charge is 0.308 e. The third-order valence-electron chi connectivity index (χ3n) is 2.53. The average Bonchev–Trinajstić information content (AvgIpc) is 2.49. The predicted octanol–water partition coefficient (Wildman–Crippen LogP) is 1.18. The number of hydrogen-bond acceptors (Lipinski definition) is 6. The average molecular weight is 307 g/mol. The van der Waals surface area contributed by atoms with Gasteiger partial charge in [-0.3, -0.25) is 4.72 Å². The summed E-state index contributed by atoms with van der Waals surface area (Å²) < 4.78 is 40.1. The van der Waals surface area contributed by atoms with Gasteiger partial charge in [-0.25, -0.2) is 23.6 Å². The van der Waals surface area contributed by atoms with E-state index in [0.29, 0.717) is 0 Å². The van der Waals surface area contributed by atoms with E-state index in [4.69, 9.17) is 11.1 Å². The second-order valence-corrected chi connectivity index (χ2v) is 5.62. The van der Waals surface area contributed by atoms with Crippen molar-refractivity contribution in [2.75, 3.05) is 10.1 Å². The van der Waals surface area contributed by atoms with E-state index in [1.807, 2.05) is 0 Å². The Morgan fingerprint density at radius 1 is 1.29 bits per heavy atom. The van der Waals surface area contributed by atoms with Crippen LogP contribution in [0.1, 0.15) is 5.56 Å². The Balaban J connectivity index is 2.35. The zero-order valence-electron chi connectivity index (χ0n) is 10.5. The van der Waals surface area contributed by atoms with Crippen molar-refractivity contribution in [2.45, 2.75) is 4.90 Å². The summed E-state index contributed by atoms with van der Waals surface area (Å²) in [6.45, 7) is 0. The molecule has 0 spiro atoms. The van der Waals surface area contributed by atoms with Crippen molar-refractivity contribution in [3.05, 3.63) is 47.9 Å². The number of nitrogens with zero attached hydrogens (tertiary/aromatic N) is 2. The van der Waals surface area contributed by atoms with Gasteiger partial charge in [-0.1, -0.05) is 0 Å². The Labute approximate surface area is 120 Å². The molecule has 0 aliphatic carbocycles. The van der Waals surface area contributed by atoms with Gasteiger partial charge in [0.1, 0.15) is 11.6 Å². The highest BCUT2D eigenvalue weighted by Crippen LogP contribution is 2.20. The van der Waals surface area contributed by atoms with Crippen molar-refractivity contribution in [3.63, 3.8) is 0 Å². The van der Waals surface area contributed by atoms with Crippen molar-refractivity contribution >= 4 is 21.5 Å². The normalized spacial score (nSPS) is 10.7. The second kappa shape index (κ2) is 5.74. The molecule has 0 atom stereocenters. The molecule has 21 heavy (non-hydrogen) atoms.